The summed E-state index contributed by atoms with van der Waals surface area (Å²) in [5.74, 6) is 0.181. The van der Waals surface area contributed by atoms with E-state index in [-0.39, 0.29) is 23.4 Å². The highest BCUT2D eigenvalue weighted by Gasteiger charge is 2.30. The number of methoxy groups -OCH3 is 1. The standard InChI is InChI=1S/C14H27N3O3/c1-14(2,3)12(18)17-8-5-11(6-9-17)16-13(19)15-7-10-20-4/h11H,5-10H2,1-4H3,(H2,15,16,19). The van der Waals surface area contributed by atoms with E-state index in [2.05, 4.69) is 10.6 Å². The molecule has 0 aromatic carbocycles. The molecule has 0 bridgehead atoms. The molecule has 1 aliphatic rings. The number of ether oxygens (including phenoxy) is 1. The molecule has 0 aromatic rings. The van der Waals surface area contributed by atoms with Crippen molar-refractivity contribution in [1.29, 1.82) is 0 Å². The third-order valence-electron chi connectivity index (χ3n) is 3.35. The van der Waals surface area contributed by atoms with E-state index >= 15 is 0 Å². The van der Waals surface area contributed by atoms with Gasteiger partial charge < -0.3 is 20.3 Å². The minimum atomic E-state index is -0.336. The zero-order valence-electron chi connectivity index (χ0n) is 13.0. The highest BCUT2D eigenvalue weighted by molar-refractivity contribution is 5.81. The molecule has 1 heterocycles. The van der Waals surface area contributed by atoms with Gasteiger partial charge in [-0.15, -0.1) is 0 Å². The van der Waals surface area contributed by atoms with Crippen LogP contribution in [0.15, 0.2) is 0 Å². The molecule has 6 nitrogen and oxygen atoms in total. The van der Waals surface area contributed by atoms with Crippen molar-refractivity contribution in [2.75, 3.05) is 33.4 Å². The fourth-order valence-electron chi connectivity index (χ4n) is 2.20. The minimum absolute atomic E-state index is 0.140. The highest BCUT2D eigenvalue weighted by Crippen LogP contribution is 2.20. The van der Waals surface area contributed by atoms with E-state index in [0.717, 1.165) is 12.8 Å². The third kappa shape index (κ3) is 5.36. The monoisotopic (exact) mass is 285 g/mol. The SMILES string of the molecule is COCCNC(=O)NC1CCN(C(=O)C(C)(C)C)CC1. The largest absolute Gasteiger partial charge is 0.383 e. The first-order valence-electron chi connectivity index (χ1n) is 7.17. The van der Waals surface area contributed by atoms with Crippen LogP contribution in [-0.4, -0.2) is 56.2 Å². The second-order valence-corrected chi connectivity index (χ2v) is 6.21. The van der Waals surface area contributed by atoms with E-state index in [1.807, 2.05) is 25.7 Å². The summed E-state index contributed by atoms with van der Waals surface area (Å²) < 4.78 is 4.87. The molecule has 3 amide bonds. The van der Waals surface area contributed by atoms with Crippen molar-refractivity contribution in [3.63, 3.8) is 0 Å². The lowest BCUT2D eigenvalue weighted by Crippen LogP contribution is -2.51. The van der Waals surface area contributed by atoms with Crippen LogP contribution in [0.5, 0.6) is 0 Å². The molecule has 1 fully saturated rings. The number of rotatable bonds is 4. The number of nitrogens with one attached hydrogen (secondary N) is 2. The maximum absolute atomic E-state index is 12.1. The molecule has 0 aromatic heterocycles. The summed E-state index contributed by atoms with van der Waals surface area (Å²) in [5, 5.41) is 5.67. The summed E-state index contributed by atoms with van der Waals surface area (Å²) in [6, 6.07) is -0.0239. The fourth-order valence-corrected chi connectivity index (χ4v) is 2.20. The molecule has 1 rings (SSSR count). The van der Waals surface area contributed by atoms with Gasteiger partial charge in [0.15, 0.2) is 0 Å². The van der Waals surface area contributed by atoms with E-state index in [9.17, 15) is 9.59 Å². The number of likely N-dealkylation sites (tertiary alicyclic amines) is 1. The Bertz CT molecular complexity index is 331. The molecule has 0 radical (unpaired) electrons. The third-order valence-corrected chi connectivity index (χ3v) is 3.35. The Morgan fingerprint density at radius 2 is 1.85 bits per heavy atom. The molecule has 2 N–H and O–H groups in total. The van der Waals surface area contributed by atoms with Crippen LogP contribution in [-0.2, 0) is 9.53 Å². The zero-order chi connectivity index (χ0) is 15.2. The van der Waals surface area contributed by atoms with Gasteiger partial charge in [-0.05, 0) is 12.8 Å². The summed E-state index contributed by atoms with van der Waals surface area (Å²) in [5.41, 5.74) is -0.336. The van der Waals surface area contributed by atoms with Crippen molar-refractivity contribution in [2.45, 2.75) is 39.7 Å². The average molecular weight is 285 g/mol. The van der Waals surface area contributed by atoms with Crippen molar-refractivity contribution >= 4 is 11.9 Å². The highest BCUT2D eigenvalue weighted by atomic mass is 16.5. The van der Waals surface area contributed by atoms with E-state index in [0.29, 0.717) is 26.2 Å². The maximum Gasteiger partial charge on any atom is 0.315 e. The Balaban J connectivity index is 2.28. The molecular formula is C14H27N3O3. The number of carbonyl (C=O) groups excluding carboxylic acids is 2. The normalized spacial score (nSPS) is 16.9. The number of nitrogens with zero attached hydrogens (tertiary/aromatic N) is 1. The molecule has 0 saturated carbocycles. The Morgan fingerprint density at radius 3 is 2.35 bits per heavy atom. The molecule has 0 spiro atoms. The van der Waals surface area contributed by atoms with Crippen LogP contribution < -0.4 is 10.6 Å². The lowest BCUT2D eigenvalue weighted by atomic mass is 9.93. The summed E-state index contributed by atoms with van der Waals surface area (Å²) in [7, 11) is 1.60. The van der Waals surface area contributed by atoms with Gasteiger partial charge in [0.1, 0.15) is 0 Å². The quantitative estimate of drug-likeness (QED) is 0.756. The van der Waals surface area contributed by atoms with Crippen molar-refractivity contribution in [3.8, 4) is 0 Å². The Morgan fingerprint density at radius 1 is 1.25 bits per heavy atom. The summed E-state index contributed by atoms with van der Waals surface area (Å²) in [6.45, 7) is 8.22. The zero-order valence-corrected chi connectivity index (χ0v) is 13.0. The molecule has 0 unspecified atom stereocenters. The first-order valence-corrected chi connectivity index (χ1v) is 7.17. The maximum atomic E-state index is 12.1. The lowest BCUT2D eigenvalue weighted by molar-refractivity contribution is -0.140. The predicted octanol–water partition coefficient (Wildman–Crippen LogP) is 0.969. The number of urea groups is 1. The van der Waals surface area contributed by atoms with Gasteiger partial charge in [-0.25, -0.2) is 4.79 Å². The number of hydrogen-bond acceptors (Lipinski definition) is 3. The van der Waals surface area contributed by atoms with E-state index in [4.69, 9.17) is 4.74 Å². The molecule has 20 heavy (non-hydrogen) atoms. The van der Waals surface area contributed by atoms with Crippen LogP contribution in [0.3, 0.4) is 0 Å². The predicted molar refractivity (Wildman–Crippen MR) is 77.5 cm³/mol. The van der Waals surface area contributed by atoms with Gasteiger partial charge >= 0.3 is 6.03 Å². The topological polar surface area (TPSA) is 70.7 Å². The van der Waals surface area contributed by atoms with Crippen LogP contribution >= 0.6 is 0 Å². The Labute approximate surface area is 121 Å². The molecule has 1 saturated heterocycles. The van der Waals surface area contributed by atoms with Crippen molar-refractivity contribution in [2.24, 2.45) is 5.41 Å². The van der Waals surface area contributed by atoms with Crippen LogP contribution in [0.2, 0.25) is 0 Å². The van der Waals surface area contributed by atoms with E-state index in [1.54, 1.807) is 7.11 Å². The van der Waals surface area contributed by atoms with Crippen LogP contribution in [0.25, 0.3) is 0 Å². The van der Waals surface area contributed by atoms with Gasteiger partial charge in [-0.2, -0.15) is 0 Å². The van der Waals surface area contributed by atoms with Crippen LogP contribution in [0, 0.1) is 5.41 Å². The first-order chi connectivity index (χ1) is 9.34. The average Bonchev–Trinajstić information content (AvgIpc) is 2.38. The Hall–Kier alpha value is -1.30. The van der Waals surface area contributed by atoms with Crippen molar-refractivity contribution in [3.05, 3.63) is 0 Å². The van der Waals surface area contributed by atoms with E-state index in [1.165, 1.54) is 0 Å². The van der Waals surface area contributed by atoms with Gasteiger partial charge in [-0.1, -0.05) is 20.8 Å². The van der Waals surface area contributed by atoms with Gasteiger partial charge in [0, 0.05) is 38.2 Å². The summed E-state index contributed by atoms with van der Waals surface area (Å²) in [6.07, 6.45) is 1.61. The first kappa shape index (κ1) is 16.8. The van der Waals surface area contributed by atoms with Gasteiger partial charge in [0.25, 0.3) is 0 Å². The van der Waals surface area contributed by atoms with Crippen LogP contribution in [0.4, 0.5) is 4.79 Å². The molecule has 6 heteroatoms. The van der Waals surface area contributed by atoms with Gasteiger partial charge in [-0.3, -0.25) is 4.79 Å². The number of amides is 3. The van der Waals surface area contributed by atoms with Gasteiger partial charge in [0.05, 0.1) is 6.61 Å². The van der Waals surface area contributed by atoms with E-state index < -0.39 is 0 Å². The molecule has 0 aliphatic carbocycles. The second kappa shape index (κ2) is 7.47. The smallest absolute Gasteiger partial charge is 0.315 e. The van der Waals surface area contributed by atoms with Crippen molar-refractivity contribution in [1.82, 2.24) is 15.5 Å². The molecule has 1 aliphatic heterocycles. The number of hydrogen-bond donors (Lipinski definition) is 2. The Kier molecular flexibility index (Phi) is 6.26. The molecule has 116 valence electrons. The second-order valence-electron chi connectivity index (χ2n) is 6.21. The molecule has 0 atom stereocenters. The summed E-state index contributed by atoms with van der Waals surface area (Å²) >= 11 is 0. The lowest BCUT2D eigenvalue weighted by Gasteiger charge is -2.35. The minimum Gasteiger partial charge on any atom is -0.383 e. The van der Waals surface area contributed by atoms with Crippen LogP contribution in [0.1, 0.15) is 33.6 Å². The number of piperidine rings is 1. The van der Waals surface area contributed by atoms with Gasteiger partial charge in [0.2, 0.25) is 5.91 Å². The number of carbonyl (C=O) groups is 2. The fraction of sp³-hybridized carbons (Fsp3) is 0.857. The summed E-state index contributed by atoms with van der Waals surface area (Å²) in [4.78, 5) is 25.6. The molecular weight excluding hydrogens is 258 g/mol. The van der Waals surface area contributed by atoms with Crippen molar-refractivity contribution < 1.29 is 14.3 Å².